The number of esters is 3. The van der Waals surface area contributed by atoms with Gasteiger partial charge in [-0.3, -0.25) is 34.0 Å². The number of nitrogens with one attached hydrogen (secondary N) is 5. The van der Waals surface area contributed by atoms with Crippen LogP contribution >= 0.6 is 35.0 Å². The van der Waals surface area contributed by atoms with E-state index in [0.717, 1.165) is 80.9 Å². The Morgan fingerprint density at radius 1 is 0.540 bits per heavy atom. The fourth-order valence-electron chi connectivity index (χ4n) is 17.0. The third kappa shape index (κ3) is 31.0. The minimum Gasteiger partial charge on any atom is -0.481 e. The smallest absolute Gasteiger partial charge is 0.342 e. The van der Waals surface area contributed by atoms with Crippen LogP contribution in [0.4, 0.5) is 17.5 Å². The second kappa shape index (κ2) is 51.2. The molecule has 0 radical (unpaired) electrons. The third-order valence-electron chi connectivity index (χ3n) is 23.7. The average Bonchev–Trinajstić information content (AvgIpc) is 1.70. The molecule has 8 atom stereocenters. The van der Waals surface area contributed by atoms with E-state index >= 15 is 0 Å². The zero-order valence-electron chi connectivity index (χ0n) is 72.2. The number of ether oxygens (including phenoxy) is 5. The second-order valence-electron chi connectivity index (χ2n) is 33.5. The number of carbonyl (C=O) groups is 9. The van der Waals surface area contributed by atoms with Gasteiger partial charge in [-0.15, -0.1) is 23.4 Å². The number of nitrogen functional groups attached to an aromatic ring is 1. The van der Waals surface area contributed by atoms with Crippen LogP contribution in [0.5, 0.6) is 0 Å². The fourth-order valence-corrected chi connectivity index (χ4v) is 18.4. The number of hydrogen-bond donors (Lipinski definition) is 9. The number of H-pyrrole nitrogens is 3. The van der Waals surface area contributed by atoms with Crippen LogP contribution in [0.3, 0.4) is 0 Å². The molecule has 3 saturated carbocycles. The summed E-state index contributed by atoms with van der Waals surface area (Å²) in [6, 6.07) is 0. The van der Waals surface area contributed by atoms with E-state index in [9.17, 15) is 48.3 Å². The molecular formula is C86H144Cl2N6O18S. The number of carbonyl (C=O) groups excluding carboxylic acids is 8. The molecule has 6 rings (SSSR count). The molecular weight excluding hydrogens is 1510 g/mol. The summed E-state index contributed by atoms with van der Waals surface area (Å²) in [5.74, 6) is 4.23. The summed E-state index contributed by atoms with van der Waals surface area (Å²) < 4.78 is 27.2. The number of amides is 2. The van der Waals surface area contributed by atoms with E-state index < -0.39 is 28.2 Å². The number of aliphatic hydroxyl groups is 1. The number of aliphatic hydroxyl groups excluding tert-OH is 1. The molecule has 646 valence electrons. The minimum absolute atomic E-state index is 0.0111. The number of aliphatic carboxylic acids is 1. The van der Waals surface area contributed by atoms with E-state index in [0.29, 0.717) is 145 Å². The number of carboxylic acids is 1. The molecule has 0 spiro atoms. The van der Waals surface area contributed by atoms with Crippen molar-refractivity contribution in [2.75, 3.05) is 41.2 Å². The Morgan fingerprint density at radius 2 is 0.876 bits per heavy atom. The number of anilines is 3. The molecule has 10 N–H and O–H groups in total. The molecule has 3 aliphatic rings. The SMILES string of the molecule is CC(COO)OC=O.CC1CC(C)C(OC(=O)c2c(C(C)C)c[nH]c2N)C(C)C1.CCC(CC)(CCCCl)C(=O)Cl.CCC(CC)(CCCO)C(=O)Nc1[nH]cc(C(C)C)c1C(=O)OC1C(C)CC(C)CC1C.CCC(CC)(CCCSC(CC(=O)O)OC=O)C(=O)Nc1[nH]cc(C(C)C)c1C(=O)OC1C(C)CC(C)CC1C. The summed E-state index contributed by atoms with van der Waals surface area (Å²) in [5, 5.41) is 31.9. The van der Waals surface area contributed by atoms with Gasteiger partial charge in [-0.1, -0.05) is 145 Å². The highest BCUT2D eigenvalue weighted by Crippen LogP contribution is 2.43. The summed E-state index contributed by atoms with van der Waals surface area (Å²) in [4.78, 5) is 122. The van der Waals surface area contributed by atoms with Crippen molar-refractivity contribution in [1.82, 2.24) is 15.0 Å². The van der Waals surface area contributed by atoms with Crippen LogP contribution in [-0.2, 0) is 57.3 Å². The molecule has 3 aromatic rings. The molecule has 27 heteroatoms. The van der Waals surface area contributed by atoms with Gasteiger partial charge in [0.15, 0.2) is 5.44 Å². The topological polar surface area (TPSA) is 367 Å². The first-order valence-corrected chi connectivity index (χ1v) is 43.5. The van der Waals surface area contributed by atoms with Crippen molar-refractivity contribution in [2.24, 2.45) is 69.5 Å². The largest absolute Gasteiger partial charge is 0.481 e. The summed E-state index contributed by atoms with van der Waals surface area (Å²) in [6.45, 7) is 46.0. The molecule has 0 aromatic carbocycles. The number of rotatable bonds is 39. The van der Waals surface area contributed by atoms with Gasteiger partial charge < -0.3 is 65.2 Å². The number of nitrogens with two attached hydrogens (primary N) is 1. The molecule has 24 nitrogen and oxygen atoms in total. The average molecular weight is 1650 g/mol. The van der Waals surface area contributed by atoms with Gasteiger partial charge in [-0.2, -0.15) is 0 Å². The summed E-state index contributed by atoms with van der Waals surface area (Å²) in [7, 11) is 0. The third-order valence-corrected chi connectivity index (χ3v) is 25.6. The second-order valence-corrected chi connectivity index (χ2v) is 35.5. The predicted octanol–water partition coefficient (Wildman–Crippen LogP) is 20.0. The van der Waals surface area contributed by atoms with E-state index in [4.69, 9.17) is 58.2 Å². The van der Waals surface area contributed by atoms with Gasteiger partial charge in [0.05, 0.1) is 6.42 Å². The van der Waals surface area contributed by atoms with E-state index in [2.05, 4.69) is 97.5 Å². The lowest BCUT2D eigenvalue weighted by molar-refractivity contribution is -0.256. The molecule has 3 fully saturated rings. The minimum atomic E-state index is -1.04. The van der Waals surface area contributed by atoms with Gasteiger partial charge in [0.2, 0.25) is 17.1 Å². The number of aromatic amines is 3. The van der Waals surface area contributed by atoms with E-state index in [1.165, 1.54) is 11.8 Å². The maximum Gasteiger partial charge on any atom is 0.342 e. The number of thioether (sulfide) groups is 1. The van der Waals surface area contributed by atoms with Crippen molar-refractivity contribution >= 4 is 106 Å². The van der Waals surface area contributed by atoms with Crippen LogP contribution in [0.15, 0.2) is 18.6 Å². The number of carboxylic acid groups (broad SMARTS) is 1. The first-order valence-electron chi connectivity index (χ1n) is 41.5. The summed E-state index contributed by atoms with van der Waals surface area (Å²) in [6.07, 6.45) is 19.0. The van der Waals surface area contributed by atoms with Crippen LogP contribution in [0, 0.1) is 69.5 Å². The number of halogens is 2. The van der Waals surface area contributed by atoms with Gasteiger partial charge in [-0.25, -0.2) is 19.3 Å². The van der Waals surface area contributed by atoms with E-state index in [1.54, 1.807) is 19.3 Å². The quantitative estimate of drug-likeness (QED) is 0.00295. The van der Waals surface area contributed by atoms with Crippen molar-refractivity contribution in [1.29, 1.82) is 0 Å². The molecule has 0 aliphatic heterocycles. The maximum atomic E-state index is 13.7. The molecule has 3 heterocycles. The van der Waals surface area contributed by atoms with Gasteiger partial charge in [0.1, 0.15) is 65.2 Å². The molecule has 3 aromatic heterocycles. The Labute approximate surface area is 689 Å². The van der Waals surface area contributed by atoms with Gasteiger partial charge in [0.25, 0.3) is 12.9 Å². The van der Waals surface area contributed by atoms with Crippen molar-refractivity contribution in [3.05, 3.63) is 52.0 Å². The monoisotopic (exact) mass is 1650 g/mol. The van der Waals surface area contributed by atoms with Crippen LogP contribution in [0.2, 0.25) is 0 Å². The summed E-state index contributed by atoms with van der Waals surface area (Å²) >= 11 is 12.4. The highest BCUT2D eigenvalue weighted by Gasteiger charge is 2.42. The molecule has 8 unspecified atom stereocenters. The predicted molar refractivity (Wildman–Crippen MR) is 450 cm³/mol. The van der Waals surface area contributed by atoms with Crippen molar-refractivity contribution in [3.8, 4) is 0 Å². The van der Waals surface area contributed by atoms with Gasteiger partial charge in [0, 0.05) is 47.3 Å². The lowest BCUT2D eigenvalue weighted by atomic mass is 9.75. The highest BCUT2D eigenvalue weighted by molar-refractivity contribution is 7.99. The maximum absolute atomic E-state index is 13.7. The zero-order valence-corrected chi connectivity index (χ0v) is 74.5. The number of aromatic nitrogens is 3. The van der Waals surface area contributed by atoms with Gasteiger partial charge >= 0.3 is 23.9 Å². The molecule has 113 heavy (non-hydrogen) atoms. The standard InChI is InChI=1S/C30H48N2O7S.C26H44N2O4.C17H28N2O2.C9H16Cl2O.C4H8O4/c1-8-30(9-2,11-10-12-40-24(38-17-33)15-23(34)35)29(37)32-27-25(22(16-31-27)18(3)4)28(36)39-26-20(6)13-19(5)14-21(26)7;1-8-26(9-2,11-10-12-29)25(31)28-23-21(20(15-27-23)16(3)4)24(30)32-22-18(6)13-17(5)14-19(22)7;1-9(2)13-8-19-16(18)14(13)17(20)21-15-11(4)6-10(3)7-12(15)5;1-3-9(4-2,8(11)12)6-5-7-10;1-4(2-8-6)7-3-5/h16-21,24,26,31H,8-15H2,1-7H3,(H,32,37)(H,34,35);15-19,22,27,29H,8-14H2,1-7H3,(H,28,31);8-12,15,19H,6-7,18H2,1-5H3;3-7H2,1-2H3;3-4,6H,2H2,1H3. The zero-order chi connectivity index (χ0) is 85.8. The van der Waals surface area contributed by atoms with E-state index in [1.807, 2.05) is 89.3 Å². The van der Waals surface area contributed by atoms with Crippen LogP contribution < -0.4 is 16.4 Å². The highest BCUT2D eigenvalue weighted by atomic mass is 35.5. The van der Waals surface area contributed by atoms with Crippen LogP contribution in [0.1, 0.15) is 340 Å². The Balaban J connectivity index is 0.000000526. The first-order chi connectivity index (χ1) is 53.2. The Hall–Kier alpha value is -6.12. The molecule has 2 amide bonds. The Bertz CT molecular complexity index is 3320. The van der Waals surface area contributed by atoms with Gasteiger partial charge in [-0.05, 0) is 228 Å². The van der Waals surface area contributed by atoms with Crippen molar-refractivity contribution in [3.63, 3.8) is 0 Å². The molecule has 0 saturated heterocycles. The fraction of sp³-hybridized carbons (Fsp3) is 0.756. The van der Waals surface area contributed by atoms with Crippen LogP contribution in [0.25, 0.3) is 0 Å². The first kappa shape index (κ1) is 103. The molecule has 3 aliphatic carbocycles. The lowest BCUT2D eigenvalue weighted by Crippen LogP contribution is -2.38. The number of hydrogen-bond acceptors (Lipinski definition) is 19. The van der Waals surface area contributed by atoms with Crippen molar-refractivity contribution < 1.29 is 87.2 Å². The van der Waals surface area contributed by atoms with Crippen LogP contribution in [-0.4, -0.2) is 139 Å². The van der Waals surface area contributed by atoms with E-state index in [-0.39, 0.29) is 115 Å². The Morgan fingerprint density at radius 3 is 1.19 bits per heavy atom. The molecule has 0 bridgehead atoms. The Kier molecular flexibility index (Phi) is 46.6. The van der Waals surface area contributed by atoms with Crippen molar-refractivity contribution in [2.45, 2.75) is 322 Å². The normalized spacial score (nSPS) is 22.2. The lowest BCUT2D eigenvalue weighted by Gasteiger charge is -2.37. The summed E-state index contributed by atoms with van der Waals surface area (Å²) in [5.41, 5.74) is 7.51. The number of alkyl halides is 1.